The van der Waals surface area contributed by atoms with Crippen LogP contribution in [-0.2, 0) is 4.79 Å². The Morgan fingerprint density at radius 3 is 2.83 bits per heavy atom. The molecule has 1 unspecified atom stereocenters. The van der Waals surface area contributed by atoms with Crippen LogP contribution < -0.4 is 15.2 Å². The summed E-state index contributed by atoms with van der Waals surface area (Å²) in [5.41, 5.74) is 4.24. The third-order valence-corrected chi connectivity index (χ3v) is 4.60. The number of para-hydroxylation sites is 1. The molecule has 1 N–H and O–H groups in total. The number of carbonyl (C=O) groups excluding carboxylic acids is 2. The van der Waals surface area contributed by atoms with Gasteiger partial charge in [-0.3, -0.25) is 9.59 Å². The van der Waals surface area contributed by atoms with Gasteiger partial charge in [-0.15, -0.1) is 0 Å². The van der Waals surface area contributed by atoms with Crippen molar-refractivity contribution in [3.63, 3.8) is 0 Å². The first kappa shape index (κ1) is 19.4. The number of carbonyl (C=O) groups is 2. The molecule has 0 radical (unpaired) electrons. The van der Waals surface area contributed by atoms with E-state index in [9.17, 15) is 9.59 Å². The number of ether oxygens (including phenoxy) is 1. The Bertz CT molecular complexity index is 1150. The Hall–Kier alpha value is -3.94. The van der Waals surface area contributed by atoms with Gasteiger partial charge in [0.1, 0.15) is 17.3 Å². The lowest BCUT2D eigenvalue weighted by atomic mass is 10.1. The smallest absolute Gasteiger partial charge is 0.307 e. The summed E-state index contributed by atoms with van der Waals surface area (Å²) in [5.74, 6) is -0.572. The van der Waals surface area contributed by atoms with Crippen molar-refractivity contribution in [2.75, 3.05) is 11.6 Å². The highest BCUT2D eigenvalue weighted by atomic mass is 16.5. The Labute approximate surface area is 172 Å². The minimum absolute atomic E-state index is 0.116. The van der Waals surface area contributed by atoms with E-state index >= 15 is 0 Å². The van der Waals surface area contributed by atoms with Crippen molar-refractivity contribution in [3.8, 4) is 5.75 Å². The number of amides is 2. The molecule has 0 fully saturated rings. The second-order valence-electron chi connectivity index (χ2n) is 6.67. The van der Waals surface area contributed by atoms with E-state index < -0.39 is 11.8 Å². The minimum atomic E-state index is -0.644. The van der Waals surface area contributed by atoms with Crippen LogP contribution in [0.25, 0.3) is 11.0 Å². The van der Waals surface area contributed by atoms with Gasteiger partial charge in [0.05, 0.1) is 18.0 Å². The van der Waals surface area contributed by atoms with Crippen LogP contribution in [-0.4, -0.2) is 30.3 Å². The van der Waals surface area contributed by atoms with Crippen molar-refractivity contribution in [1.29, 1.82) is 0 Å². The average molecular weight is 404 g/mol. The summed E-state index contributed by atoms with van der Waals surface area (Å²) >= 11 is 0. The number of nitrogens with one attached hydrogen (secondary N) is 1. The van der Waals surface area contributed by atoms with Crippen molar-refractivity contribution in [2.24, 2.45) is 16.1 Å². The molecule has 30 heavy (non-hydrogen) atoms. The second kappa shape index (κ2) is 8.20. The maximum Gasteiger partial charge on any atom is 0.307 e. The van der Waals surface area contributed by atoms with E-state index in [1.165, 1.54) is 11.2 Å². The van der Waals surface area contributed by atoms with Crippen LogP contribution in [0.3, 0.4) is 0 Å². The highest BCUT2D eigenvalue weighted by Crippen LogP contribution is 2.25. The Balaban J connectivity index is 1.43. The molecular weight excluding hydrogens is 384 g/mol. The predicted molar refractivity (Wildman–Crippen MR) is 114 cm³/mol. The molecule has 0 bridgehead atoms. The highest BCUT2D eigenvalue weighted by Gasteiger charge is 2.33. The molecule has 8 heteroatoms. The molecule has 2 heterocycles. The van der Waals surface area contributed by atoms with Crippen molar-refractivity contribution in [2.45, 2.75) is 13.8 Å². The van der Waals surface area contributed by atoms with Crippen LogP contribution in [0.4, 0.5) is 5.69 Å². The number of hydrazone groups is 2. The van der Waals surface area contributed by atoms with Gasteiger partial charge in [-0.2, -0.15) is 15.2 Å². The van der Waals surface area contributed by atoms with Crippen molar-refractivity contribution in [3.05, 3.63) is 60.4 Å². The maximum absolute atomic E-state index is 12.6. The molecule has 1 aliphatic rings. The van der Waals surface area contributed by atoms with Crippen LogP contribution in [0.5, 0.6) is 5.75 Å². The maximum atomic E-state index is 12.6. The number of hydrogen-bond donors (Lipinski definition) is 1. The number of rotatable bonds is 6. The molecule has 4 rings (SSSR count). The van der Waals surface area contributed by atoms with Gasteiger partial charge in [0, 0.05) is 11.6 Å². The molecule has 152 valence electrons. The zero-order chi connectivity index (χ0) is 21.1. The van der Waals surface area contributed by atoms with Gasteiger partial charge in [-0.25, -0.2) is 5.43 Å². The Morgan fingerprint density at radius 2 is 2.07 bits per heavy atom. The highest BCUT2D eigenvalue weighted by molar-refractivity contribution is 6.23. The van der Waals surface area contributed by atoms with E-state index in [2.05, 4.69) is 15.6 Å². The zero-order valence-corrected chi connectivity index (χ0v) is 16.5. The van der Waals surface area contributed by atoms with Crippen LogP contribution in [0.2, 0.25) is 0 Å². The van der Waals surface area contributed by atoms with Crippen molar-refractivity contribution >= 4 is 40.4 Å². The molecule has 0 spiro atoms. The third kappa shape index (κ3) is 3.80. The van der Waals surface area contributed by atoms with Gasteiger partial charge in [-0.1, -0.05) is 18.2 Å². The van der Waals surface area contributed by atoms with E-state index in [0.29, 0.717) is 29.3 Å². The summed E-state index contributed by atoms with van der Waals surface area (Å²) in [4.78, 5) is 25.0. The normalized spacial score (nSPS) is 16.3. The molecule has 1 aromatic heterocycles. The summed E-state index contributed by atoms with van der Waals surface area (Å²) in [7, 11) is 0. The Morgan fingerprint density at radius 1 is 1.27 bits per heavy atom. The van der Waals surface area contributed by atoms with Crippen molar-refractivity contribution < 1.29 is 18.7 Å². The molecular formula is C22H20N4O4. The van der Waals surface area contributed by atoms with Gasteiger partial charge < -0.3 is 9.15 Å². The van der Waals surface area contributed by atoms with E-state index in [4.69, 9.17) is 9.15 Å². The Kier molecular flexibility index (Phi) is 5.30. The topological polar surface area (TPSA) is 96.5 Å². The molecule has 0 saturated heterocycles. The number of anilines is 1. The first-order chi connectivity index (χ1) is 14.6. The van der Waals surface area contributed by atoms with Crippen LogP contribution >= 0.6 is 0 Å². The molecule has 8 nitrogen and oxygen atoms in total. The fourth-order valence-corrected chi connectivity index (χ4v) is 3.12. The molecule has 1 atom stereocenters. The average Bonchev–Trinajstić information content (AvgIpc) is 3.30. The van der Waals surface area contributed by atoms with Crippen molar-refractivity contribution in [1.82, 2.24) is 5.43 Å². The second-order valence-corrected chi connectivity index (χ2v) is 6.67. The van der Waals surface area contributed by atoms with Gasteiger partial charge in [0.15, 0.2) is 5.76 Å². The molecule has 0 aliphatic carbocycles. The number of fused-ring (bicyclic) bond motifs is 1. The summed E-state index contributed by atoms with van der Waals surface area (Å²) in [6, 6.07) is 16.1. The zero-order valence-electron chi connectivity index (χ0n) is 16.5. The molecule has 2 aromatic carbocycles. The lowest BCUT2D eigenvalue weighted by molar-refractivity contribution is -0.118. The lowest BCUT2D eigenvalue weighted by Gasteiger charge is -2.12. The fraction of sp³-hybridized carbons (Fsp3) is 0.182. The summed E-state index contributed by atoms with van der Waals surface area (Å²) in [6.45, 7) is 4.20. The number of nitrogens with zero attached hydrogens (tertiary/aromatic N) is 3. The summed E-state index contributed by atoms with van der Waals surface area (Å²) in [6.07, 6.45) is 1.37. The van der Waals surface area contributed by atoms with E-state index in [-0.39, 0.29) is 11.7 Å². The number of benzene rings is 2. The molecule has 0 saturated carbocycles. The molecule has 1 aliphatic heterocycles. The van der Waals surface area contributed by atoms with Gasteiger partial charge >= 0.3 is 5.91 Å². The quantitative estimate of drug-likeness (QED) is 0.502. The van der Waals surface area contributed by atoms with Gasteiger partial charge in [0.2, 0.25) is 0 Å². The standard InChI is InChI=1S/C22H20N4O4/c1-3-29-17-9-10-19-15(11-17)12-20(30-19)21(27)24-23-13-18-14(2)25-26(22(18)28)16-7-5-4-6-8-16/h4-13,18H,3H2,1-2H3,(H,24,27). The van der Waals surface area contributed by atoms with Gasteiger partial charge in [0.25, 0.3) is 5.91 Å². The minimum Gasteiger partial charge on any atom is -0.494 e. The monoisotopic (exact) mass is 404 g/mol. The van der Waals surface area contributed by atoms with Crippen LogP contribution in [0, 0.1) is 5.92 Å². The number of furan rings is 1. The first-order valence-corrected chi connectivity index (χ1v) is 9.51. The predicted octanol–water partition coefficient (Wildman–Crippen LogP) is 3.59. The number of hydrogen-bond acceptors (Lipinski definition) is 6. The summed E-state index contributed by atoms with van der Waals surface area (Å²) < 4.78 is 11.0. The lowest BCUT2D eigenvalue weighted by Crippen LogP contribution is -2.29. The molecule has 2 amide bonds. The van der Waals surface area contributed by atoms with Crippen LogP contribution in [0.1, 0.15) is 24.4 Å². The molecule has 3 aromatic rings. The van der Waals surface area contributed by atoms with E-state index in [0.717, 1.165) is 5.39 Å². The SMILES string of the molecule is CCOc1ccc2oc(C(=O)NN=CC3C(=O)N(c4ccccc4)N=C3C)cc2c1. The van der Waals surface area contributed by atoms with Crippen LogP contribution in [0.15, 0.2) is 69.2 Å². The van der Waals surface area contributed by atoms with Gasteiger partial charge in [-0.05, 0) is 50.2 Å². The first-order valence-electron chi connectivity index (χ1n) is 9.51. The largest absolute Gasteiger partial charge is 0.494 e. The summed E-state index contributed by atoms with van der Waals surface area (Å²) in [5, 5.41) is 10.3. The van der Waals surface area contributed by atoms with E-state index in [1.807, 2.05) is 25.1 Å². The fourth-order valence-electron chi connectivity index (χ4n) is 3.12. The van der Waals surface area contributed by atoms with E-state index in [1.54, 1.807) is 43.3 Å². The third-order valence-electron chi connectivity index (χ3n) is 4.60.